The van der Waals surface area contributed by atoms with Gasteiger partial charge in [-0.05, 0) is 78.6 Å². The zero-order valence-corrected chi connectivity index (χ0v) is 20.0. The molecule has 0 spiro atoms. The summed E-state index contributed by atoms with van der Waals surface area (Å²) in [5, 5.41) is 10.8. The lowest BCUT2D eigenvalue weighted by Gasteiger charge is -2.69. The molecule has 3 nitrogen and oxygen atoms in total. The second kappa shape index (κ2) is 6.22. The Balaban J connectivity index is 1.58. The summed E-state index contributed by atoms with van der Waals surface area (Å²) in [6.07, 6.45) is 11.6. The molecular formula is C27H42O3. The van der Waals surface area contributed by atoms with Crippen LogP contribution in [-0.4, -0.2) is 23.3 Å². The zero-order chi connectivity index (χ0) is 21.7. The largest absolute Gasteiger partial charge is 0.362 e. The smallest absolute Gasteiger partial charge is 0.185 e. The molecule has 3 heteroatoms. The highest BCUT2D eigenvalue weighted by molar-refractivity contribution is 5.87. The number of Topliss-reactive ketones (excluding diaryl/α,β-unsaturated/α-hetero) is 1. The summed E-state index contributed by atoms with van der Waals surface area (Å²) in [5.41, 5.74) is 1.45. The van der Waals surface area contributed by atoms with Crippen LogP contribution in [0.4, 0.5) is 0 Å². The van der Waals surface area contributed by atoms with E-state index in [4.69, 9.17) is 4.74 Å². The molecule has 0 radical (unpaired) electrons. The number of ether oxygens (including phenoxy) is 1. The summed E-state index contributed by atoms with van der Waals surface area (Å²) in [6, 6.07) is 0. The van der Waals surface area contributed by atoms with Crippen molar-refractivity contribution in [3.05, 3.63) is 11.6 Å². The molecule has 0 aromatic rings. The Bertz CT molecular complexity index is 798. The second-order valence-electron chi connectivity index (χ2n) is 12.7. The Morgan fingerprint density at radius 3 is 2.43 bits per heavy atom. The van der Waals surface area contributed by atoms with E-state index in [1.165, 1.54) is 38.5 Å². The predicted octanol–water partition coefficient (Wildman–Crippen LogP) is 5.91. The first-order valence-corrected chi connectivity index (χ1v) is 12.5. The average molecular weight is 415 g/mol. The van der Waals surface area contributed by atoms with Crippen molar-refractivity contribution in [3.8, 4) is 0 Å². The van der Waals surface area contributed by atoms with Crippen LogP contribution < -0.4 is 0 Å². The van der Waals surface area contributed by atoms with Crippen LogP contribution >= 0.6 is 0 Å². The second-order valence-corrected chi connectivity index (χ2v) is 12.7. The number of fused-ring (bicyclic) bond motifs is 7. The highest BCUT2D eigenvalue weighted by Gasteiger charge is 2.69. The molecule has 5 rings (SSSR count). The van der Waals surface area contributed by atoms with Crippen molar-refractivity contribution in [2.45, 2.75) is 98.7 Å². The summed E-state index contributed by atoms with van der Waals surface area (Å²) in [5.74, 6) is 0.858. The fraction of sp³-hybridized carbons (Fsp3) is 0.889. The van der Waals surface area contributed by atoms with E-state index in [9.17, 15) is 9.90 Å². The van der Waals surface area contributed by atoms with Crippen LogP contribution in [0, 0.1) is 45.3 Å². The van der Waals surface area contributed by atoms with Gasteiger partial charge in [-0.3, -0.25) is 4.79 Å². The van der Waals surface area contributed by atoms with Gasteiger partial charge in [0.25, 0.3) is 0 Å². The third-order valence-corrected chi connectivity index (χ3v) is 11.7. The van der Waals surface area contributed by atoms with E-state index in [-0.39, 0.29) is 16.7 Å². The molecular weight excluding hydrogens is 372 g/mol. The fourth-order valence-electron chi connectivity index (χ4n) is 9.85. The number of ketones is 1. The van der Waals surface area contributed by atoms with Gasteiger partial charge in [-0.1, -0.05) is 53.5 Å². The minimum Gasteiger partial charge on any atom is -0.362 e. The zero-order valence-electron chi connectivity index (χ0n) is 20.0. The average Bonchev–Trinajstić information content (AvgIpc) is 3.00. The Labute approximate surface area is 183 Å². The molecule has 0 aromatic heterocycles. The minimum atomic E-state index is -1.20. The fourth-order valence-corrected chi connectivity index (χ4v) is 9.85. The van der Waals surface area contributed by atoms with E-state index in [1.807, 2.05) is 0 Å². The van der Waals surface area contributed by atoms with E-state index in [1.54, 1.807) is 6.92 Å². The number of hydrogen-bond donors (Lipinski definition) is 1. The SMILES string of the molecule is CCC1(C)CCCC2(C)C1CCC1(C)C2CC(=O)C2(C)C3COC(C)(O)C3=CCC12. The molecule has 168 valence electrons. The normalized spacial score (nSPS) is 57.7. The van der Waals surface area contributed by atoms with E-state index in [0.29, 0.717) is 29.6 Å². The van der Waals surface area contributed by atoms with Gasteiger partial charge in [0.2, 0.25) is 0 Å². The molecule has 9 atom stereocenters. The molecule has 9 unspecified atom stereocenters. The Kier molecular flexibility index (Phi) is 4.39. The molecule has 1 aliphatic heterocycles. The van der Waals surface area contributed by atoms with Crippen molar-refractivity contribution in [1.29, 1.82) is 0 Å². The molecule has 30 heavy (non-hydrogen) atoms. The van der Waals surface area contributed by atoms with Crippen molar-refractivity contribution in [2.75, 3.05) is 6.61 Å². The van der Waals surface area contributed by atoms with Crippen LogP contribution in [0.2, 0.25) is 0 Å². The van der Waals surface area contributed by atoms with Gasteiger partial charge in [-0.15, -0.1) is 0 Å². The highest BCUT2D eigenvalue weighted by atomic mass is 16.6. The maximum absolute atomic E-state index is 14.0. The van der Waals surface area contributed by atoms with Gasteiger partial charge in [0.1, 0.15) is 5.78 Å². The summed E-state index contributed by atoms with van der Waals surface area (Å²) in [4.78, 5) is 14.0. The van der Waals surface area contributed by atoms with E-state index >= 15 is 0 Å². The summed E-state index contributed by atoms with van der Waals surface area (Å²) in [7, 11) is 0. The molecule has 1 N–H and O–H groups in total. The van der Waals surface area contributed by atoms with Gasteiger partial charge in [0.05, 0.1) is 6.61 Å². The molecule has 5 aliphatic rings. The van der Waals surface area contributed by atoms with Crippen LogP contribution in [0.5, 0.6) is 0 Å². The van der Waals surface area contributed by atoms with Crippen LogP contribution in [-0.2, 0) is 9.53 Å². The van der Waals surface area contributed by atoms with E-state index < -0.39 is 11.2 Å². The quantitative estimate of drug-likeness (QED) is 0.543. The van der Waals surface area contributed by atoms with Gasteiger partial charge in [0.15, 0.2) is 5.79 Å². The van der Waals surface area contributed by atoms with Crippen LogP contribution in [0.25, 0.3) is 0 Å². The van der Waals surface area contributed by atoms with Gasteiger partial charge in [-0.25, -0.2) is 0 Å². The molecule has 3 saturated carbocycles. The molecule has 0 bridgehead atoms. The first-order chi connectivity index (χ1) is 13.9. The highest BCUT2D eigenvalue weighted by Crippen LogP contribution is 2.73. The third-order valence-electron chi connectivity index (χ3n) is 11.7. The molecule has 1 heterocycles. The van der Waals surface area contributed by atoms with Crippen molar-refractivity contribution in [2.24, 2.45) is 45.3 Å². The van der Waals surface area contributed by atoms with Crippen molar-refractivity contribution < 1.29 is 14.6 Å². The van der Waals surface area contributed by atoms with Gasteiger partial charge >= 0.3 is 0 Å². The summed E-state index contributed by atoms with van der Waals surface area (Å²) in [6.45, 7) is 14.4. The Morgan fingerprint density at radius 2 is 1.73 bits per heavy atom. The van der Waals surface area contributed by atoms with Crippen molar-refractivity contribution in [3.63, 3.8) is 0 Å². The topological polar surface area (TPSA) is 46.5 Å². The monoisotopic (exact) mass is 414 g/mol. The van der Waals surface area contributed by atoms with Crippen molar-refractivity contribution in [1.82, 2.24) is 0 Å². The molecule has 4 fully saturated rings. The molecule has 4 aliphatic carbocycles. The number of carbonyl (C=O) groups is 1. The van der Waals surface area contributed by atoms with Gasteiger partial charge in [-0.2, -0.15) is 0 Å². The number of aliphatic hydroxyl groups is 1. The van der Waals surface area contributed by atoms with Gasteiger partial charge in [0, 0.05) is 17.8 Å². The Hall–Kier alpha value is -0.670. The van der Waals surface area contributed by atoms with Crippen LogP contribution in [0.15, 0.2) is 11.6 Å². The molecule has 0 amide bonds. The molecule has 1 saturated heterocycles. The summed E-state index contributed by atoms with van der Waals surface area (Å²) >= 11 is 0. The van der Waals surface area contributed by atoms with Gasteiger partial charge < -0.3 is 9.84 Å². The number of hydrogen-bond acceptors (Lipinski definition) is 3. The lowest BCUT2D eigenvalue weighted by molar-refractivity contribution is -0.201. The Morgan fingerprint density at radius 1 is 1.03 bits per heavy atom. The lowest BCUT2D eigenvalue weighted by Crippen LogP contribution is -2.65. The number of rotatable bonds is 1. The standard InChI is InChI=1S/C27H42O3/c1-7-23(2)12-8-13-24(3)19(23)11-14-25(4)20-10-9-17-18(16-30-27(17,6)29)26(20,5)22(28)15-21(24)25/h9,18-21,29H,7-8,10-16H2,1-6H3. The first kappa shape index (κ1) is 21.2. The van der Waals surface area contributed by atoms with Crippen molar-refractivity contribution >= 4 is 5.78 Å². The van der Waals surface area contributed by atoms with E-state index in [2.05, 4.69) is 40.7 Å². The number of allylic oxidation sites excluding steroid dienone is 1. The lowest BCUT2D eigenvalue weighted by atomic mass is 9.34. The first-order valence-electron chi connectivity index (χ1n) is 12.5. The molecule has 0 aromatic carbocycles. The third kappa shape index (κ3) is 2.37. The summed E-state index contributed by atoms with van der Waals surface area (Å²) < 4.78 is 5.80. The maximum Gasteiger partial charge on any atom is 0.185 e. The minimum absolute atomic E-state index is 0.0364. The number of carbonyl (C=O) groups excluding carboxylic acids is 1. The van der Waals surface area contributed by atoms with Crippen LogP contribution in [0.1, 0.15) is 92.9 Å². The predicted molar refractivity (Wildman–Crippen MR) is 119 cm³/mol. The maximum atomic E-state index is 14.0. The van der Waals surface area contributed by atoms with Crippen LogP contribution in [0.3, 0.4) is 0 Å². The van der Waals surface area contributed by atoms with E-state index in [0.717, 1.165) is 24.3 Å².